The molecule has 6 nitrogen and oxygen atoms in total. The number of aromatic nitrogens is 2. The number of carbonyl (C=O) groups excluding carboxylic acids is 1. The number of pyridine rings is 1. The van der Waals surface area contributed by atoms with E-state index in [0.29, 0.717) is 31.1 Å². The maximum Gasteiger partial charge on any atom is 0.292 e. The third-order valence-electron chi connectivity index (χ3n) is 4.71. The van der Waals surface area contributed by atoms with Crippen LogP contribution in [0.2, 0.25) is 0 Å². The number of hydrogen-bond donors (Lipinski definition) is 0. The van der Waals surface area contributed by atoms with E-state index in [1.165, 1.54) is 12.3 Å². The Labute approximate surface area is 156 Å². The smallest absolute Gasteiger partial charge is 0.292 e. The quantitative estimate of drug-likeness (QED) is 0.712. The molecule has 138 valence electrons. The molecule has 3 aromatic rings. The number of piperazine rings is 1. The van der Waals surface area contributed by atoms with Gasteiger partial charge in [0.05, 0.1) is 6.20 Å². The number of benzene rings is 1. The zero-order valence-electron chi connectivity index (χ0n) is 14.9. The van der Waals surface area contributed by atoms with Crippen molar-refractivity contribution in [2.45, 2.75) is 13.0 Å². The van der Waals surface area contributed by atoms with Crippen LogP contribution in [0, 0.1) is 5.82 Å². The van der Waals surface area contributed by atoms with E-state index in [1.54, 1.807) is 17.0 Å². The minimum Gasteiger partial charge on any atom is -0.350 e. The molecule has 1 atom stereocenters. The molecule has 7 heteroatoms. The molecule has 1 fully saturated rings. The zero-order valence-corrected chi connectivity index (χ0v) is 14.9. The van der Waals surface area contributed by atoms with Crippen molar-refractivity contribution in [1.82, 2.24) is 15.0 Å². The van der Waals surface area contributed by atoms with E-state index >= 15 is 0 Å². The van der Waals surface area contributed by atoms with Crippen molar-refractivity contribution < 1.29 is 13.7 Å². The van der Waals surface area contributed by atoms with Gasteiger partial charge in [-0.25, -0.2) is 9.37 Å². The Hall–Kier alpha value is -3.22. The molecule has 0 N–H and O–H groups in total. The molecule has 27 heavy (non-hydrogen) atoms. The lowest BCUT2D eigenvalue weighted by atomic mass is 10.1. The summed E-state index contributed by atoms with van der Waals surface area (Å²) in [5, 5.41) is 4.01. The van der Waals surface area contributed by atoms with E-state index in [2.05, 4.69) is 15.0 Å². The molecule has 1 aliphatic heterocycles. The van der Waals surface area contributed by atoms with Crippen LogP contribution >= 0.6 is 0 Å². The molecule has 0 spiro atoms. The number of rotatable bonds is 3. The number of anilines is 1. The summed E-state index contributed by atoms with van der Waals surface area (Å²) in [6.07, 6.45) is 1.21. The Morgan fingerprint density at radius 1 is 1.19 bits per heavy atom. The Balaban J connectivity index is 1.45. The van der Waals surface area contributed by atoms with Gasteiger partial charge in [0.15, 0.2) is 0 Å². The minimum atomic E-state index is -0.361. The average molecular weight is 366 g/mol. The molecular formula is C20H19FN4O2. The van der Waals surface area contributed by atoms with Gasteiger partial charge in [0.2, 0.25) is 5.76 Å². The van der Waals surface area contributed by atoms with Crippen LogP contribution in [-0.4, -0.2) is 46.6 Å². The molecule has 0 radical (unpaired) electrons. The van der Waals surface area contributed by atoms with Crippen molar-refractivity contribution in [2.75, 3.05) is 24.5 Å². The monoisotopic (exact) mass is 366 g/mol. The number of amides is 1. The molecular weight excluding hydrogens is 347 g/mol. The molecule has 1 unspecified atom stereocenters. The maximum atomic E-state index is 13.1. The largest absolute Gasteiger partial charge is 0.350 e. The second kappa shape index (κ2) is 7.19. The molecule has 4 rings (SSSR count). The molecule has 1 saturated heterocycles. The predicted octanol–water partition coefficient (Wildman–Crippen LogP) is 3.23. The summed E-state index contributed by atoms with van der Waals surface area (Å²) in [7, 11) is 0. The lowest BCUT2D eigenvalue weighted by Gasteiger charge is -2.40. The second-order valence-electron chi connectivity index (χ2n) is 6.57. The van der Waals surface area contributed by atoms with Crippen LogP contribution in [0.15, 0.2) is 59.3 Å². The number of hydrogen-bond acceptors (Lipinski definition) is 5. The molecule has 0 bridgehead atoms. The van der Waals surface area contributed by atoms with Gasteiger partial charge < -0.3 is 14.3 Å². The average Bonchev–Trinajstić information content (AvgIpc) is 3.19. The lowest BCUT2D eigenvalue weighted by Crippen LogP contribution is -2.54. The predicted molar refractivity (Wildman–Crippen MR) is 98.8 cm³/mol. The van der Waals surface area contributed by atoms with Crippen LogP contribution in [-0.2, 0) is 0 Å². The summed E-state index contributed by atoms with van der Waals surface area (Å²) in [5.74, 6) is 0.402. The first kappa shape index (κ1) is 17.2. The van der Waals surface area contributed by atoms with Crippen molar-refractivity contribution in [2.24, 2.45) is 0 Å². The highest BCUT2D eigenvalue weighted by Crippen LogP contribution is 2.22. The van der Waals surface area contributed by atoms with Crippen molar-refractivity contribution >= 4 is 11.7 Å². The van der Waals surface area contributed by atoms with E-state index in [-0.39, 0.29) is 23.5 Å². The SMILES string of the molecule is CC1CN(C(=O)c2cc(-c3ccccc3)no2)CCN1c1ccc(F)cn1. The fourth-order valence-corrected chi connectivity index (χ4v) is 3.30. The van der Waals surface area contributed by atoms with Gasteiger partial charge in [-0.05, 0) is 19.1 Å². The van der Waals surface area contributed by atoms with Gasteiger partial charge in [-0.15, -0.1) is 0 Å². The molecule has 0 saturated carbocycles. The molecule has 2 aromatic heterocycles. The molecule has 0 aliphatic carbocycles. The molecule has 1 aromatic carbocycles. The van der Waals surface area contributed by atoms with Crippen molar-refractivity contribution in [3.8, 4) is 11.3 Å². The van der Waals surface area contributed by atoms with Gasteiger partial charge >= 0.3 is 0 Å². The normalized spacial score (nSPS) is 17.2. The van der Waals surface area contributed by atoms with E-state index in [0.717, 1.165) is 5.56 Å². The summed E-state index contributed by atoms with van der Waals surface area (Å²) < 4.78 is 18.4. The Kier molecular flexibility index (Phi) is 4.58. The van der Waals surface area contributed by atoms with Crippen LogP contribution in [0.3, 0.4) is 0 Å². The van der Waals surface area contributed by atoms with Gasteiger partial charge in [-0.2, -0.15) is 0 Å². The Morgan fingerprint density at radius 2 is 2.00 bits per heavy atom. The zero-order chi connectivity index (χ0) is 18.8. The van der Waals surface area contributed by atoms with E-state index in [1.807, 2.05) is 37.3 Å². The highest BCUT2D eigenvalue weighted by molar-refractivity contribution is 5.92. The third kappa shape index (κ3) is 3.53. The number of nitrogens with zero attached hydrogens (tertiary/aromatic N) is 4. The maximum absolute atomic E-state index is 13.1. The van der Waals surface area contributed by atoms with Gasteiger partial charge in [0, 0.05) is 37.3 Å². The molecule has 3 heterocycles. The van der Waals surface area contributed by atoms with Crippen LogP contribution < -0.4 is 4.90 Å². The summed E-state index contributed by atoms with van der Waals surface area (Å²) in [6.45, 7) is 3.69. The summed E-state index contributed by atoms with van der Waals surface area (Å²) in [5.41, 5.74) is 1.54. The summed E-state index contributed by atoms with van der Waals surface area (Å²) >= 11 is 0. The topological polar surface area (TPSA) is 62.5 Å². The fourth-order valence-electron chi connectivity index (χ4n) is 3.30. The van der Waals surface area contributed by atoms with Gasteiger partial charge in [0.25, 0.3) is 5.91 Å². The van der Waals surface area contributed by atoms with Gasteiger partial charge in [-0.1, -0.05) is 35.5 Å². The standard InChI is InChI=1S/C20H19FN4O2/c1-14-13-24(9-10-25(14)19-8-7-16(21)12-22-19)20(26)18-11-17(23-27-18)15-5-3-2-4-6-15/h2-8,11-12,14H,9-10,13H2,1H3. The van der Waals surface area contributed by atoms with Crippen molar-refractivity contribution in [3.63, 3.8) is 0 Å². The lowest BCUT2D eigenvalue weighted by molar-refractivity contribution is 0.0684. The van der Waals surface area contributed by atoms with Crippen molar-refractivity contribution in [1.29, 1.82) is 0 Å². The molecule has 1 aliphatic rings. The van der Waals surface area contributed by atoms with Crippen molar-refractivity contribution in [3.05, 3.63) is 66.3 Å². The third-order valence-corrected chi connectivity index (χ3v) is 4.71. The first-order valence-corrected chi connectivity index (χ1v) is 8.81. The summed E-state index contributed by atoms with van der Waals surface area (Å²) in [4.78, 5) is 20.7. The minimum absolute atomic E-state index is 0.0529. The Bertz CT molecular complexity index is 927. The van der Waals surface area contributed by atoms with Gasteiger partial charge in [0.1, 0.15) is 17.3 Å². The second-order valence-corrected chi connectivity index (χ2v) is 6.57. The highest BCUT2D eigenvalue weighted by Gasteiger charge is 2.30. The molecule has 1 amide bonds. The van der Waals surface area contributed by atoms with E-state index in [9.17, 15) is 9.18 Å². The number of carbonyl (C=O) groups is 1. The first-order chi connectivity index (χ1) is 13.1. The number of halogens is 1. The van der Waals surface area contributed by atoms with E-state index in [4.69, 9.17) is 4.52 Å². The Morgan fingerprint density at radius 3 is 2.70 bits per heavy atom. The van der Waals surface area contributed by atoms with Crippen LogP contribution in [0.1, 0.15) is 17.5 Å². The highest BCUT2D eigenvalue weighted by atomic mass is 19.1. The fraction of sp³-hybridized carbons (Fsp3) is 0.250. The van der Waals surface area contributed by atoms with Crippen LogP contribution in [0.25, 0.3) is 11.3 Å². The van der Waals surface area contributed by atoms with Gasteiger partial charge in [-0.3, -0.25) is 4.79 Å². The van der Waals surface area contributed by atoms with Crippen LogP contribution in [0.4, 0.5) is 10.2 Å². The first-order valence-electron chi connectivity index (χ1n) is 8.81. The summed E-state index contributed by atoms with van der Waals surface area (Å²) in [6, 6.07) is 14.4. The van der Waals surface area contributed by atoms with Crippen LogP contribution in [0.5, 0.6) is 0 Å². The van der Waals surface area contributed by atoms with E-state index < -0.39 is 0 Å².